The Kier molecular flexibility index (Phi) is 20.4. The van der Waals surface area contributed by atoms with Gasteiger partial charge in [0.1, 0.15) is 18.8 Å². The van der Waals surface area contributed by atoms with Crippen molar-refractivity contribution in [2.45, 2.75) is 72.6 Å². The number of hydroxylamine groups is 1. The predicted molar refractivity (Wildman–Crippen MR) is 170 cm³/mol. The van der Waals surface area contributed by atoms with Crippen LogP contribution >= 0.6 is 0 Å². The second-order valence-electron chi connectivity index (χ2n) is 12.3. The summed E-state index contributed by atoms with van der Waals surface area (Å²) in [5, 5.41) is 27.3. The lowest BCUT2D eigenvalue weighted by Crippen LogP contribution is -2.56. The van der Waals surface area contributed by atoms with Crippen molar-refractivity contribution in [1.82, 2.24) is 21.4 Å². The van der Waals surface area contributed by atoms with Gasteiger partial charge in [-0.15, -0.1) is 0 Å². The molecular weight excluding hydrogens is 600 g/mol. The molecule has 0 unspecified atom stereocenters. The number of benzene rings is 1. The van der Waals surface area contributed by atoms with E-state index in [0.29, 0.717) is 65.6 Å². The van der Waals surface area contributed by atoms with E-state index in [2.05, 4.69) is 16.0 Å². The van der Waals surface area contributed by atoms with Gasteiger partial charge in [-0.05, 0) is 36.2 Å². The number of hydrogen-bond donors (Lipinski definition) is 6. The predicted octanol–water partition coefficient (Wildman–Crippen LogP) is 1.92. The van der Waals surface area contributed by atoms with E-state index in [1.54, 1.807) is 20.8 Å². The third-order valence-electron chi connectivity index (χ3n) is 6.69. The topological polar surface area (TPSA) is 194 Å². The van der Waals surface area contributed by atoms with Crippen LogP contribution in [0.15, 0.2) is 30.3 Å². The Morgan fingerprint density at radius 1 is 0.783 bits per heavy atom. The number of nitrogens with one attached hydrogen (secondary N) is 4. The summed E-state index contributed by atoms with van der Waals surface area (Å²) in [6.45, 7) is 12.5. The monoisotopic (exact) mass is 654 g/mol. The second-order valence-corrected chi connectivity index (χ2v) is 12.3. The summed E-state index contributed by atoms with van der Waals surface area (Å²) in [6.07, 6.45) is -0.859. The molecule has 0 saturated carbocycles. The molecule has 0 bridgehead atoms. The van der Waals surface area contributed by atoms with Crippen LogP contribution in [0.25, 0.3) is 0 Å². The van der Waals surface area contributed by atoms with Crippen LogP contribution in [0.1, 0.15) is 59.4 Å². The SMILES string of the molecule is CC(C)C[C@@H](C(=O)N[C@@H](C(=O)NCCCOCCOCCOCCCNC(=O)OCc1ccccc1)C(C)(C)C)[C@H](O)C(=O)NO. The van der Waals surface area contributed by atoms with Gasteiger partial charge in [0.05, 0.1) is 32.3 Å². The van der Waals surface area contributed by atoms with Crippen molar-refractivity contribution in [2.24, 2.45) is 17.3 Å². The van der Waals surface area contributed by atoms with Gasteiger partial charge in [-0.3, -0.25) is 19.6 Å². The zero-order valence-electron chi connectivity index (χ0n) is 27.8. The Morgan fingerprint density at radius 2 is 1.33 bits per heavy atom. The van der Waals surface area contributed by atoms with Crippen molar-refractivity contribution >= 4 is 23.8 Å². The number of aliphatic hydroxyl groups is 1. The second kappa shape index (κ2) is 23.1. The standard InChI is InChI=1S/C32H54N4O10/c1-23(2)21-25(26(37)29(39)36-42)28(38)35-27(32(3,4)5)30(40)33-13-9-15-43-17-19-45-20-18-44-16-10-14-34-31(41)46-22-24-11-7-6-8-12-24/h6-8,11-12,23,25-27,37,42H,9-10,13-22H2,1-5H3,(H,33,40)(H,34,41)(H,35,38)(H,36,39)/t25-,26+,27+/m1/s1. The van der Waals surface area contributed by atoms with Crippen LogP contribution in [-0.4, -0.2) is 99.0 Å². The lowest BCUT2D eigenvalue weighted by atomic mass is 9.84. The smallest absolute Gasteiger partial charge is 0.407 e. The van der Waals surface area contributed by atoms with Crippen molar-refractivity contribution in [1.29, 1.82) is 0 Å². The number of hydrogen-bond acceptors (Lipinski definition) is 10. The van der Waals surface area contributed by atoms with Gasteiger partial charge in [0.15, 0.2) is 0 Å². The minimum atomic E-state index is -1.76. The fourth-order valence-corrected chi connectivity index (χ4v) is 4.23. The van der Waals surface area contributed by atoms with Crippen LogP contribution in [0.4, 0.5) is 4.79 Å². The molecule has 0 radical (unpaired) electrons. The Balaban J connectivity index is 2.15. The molecule has 0 spiro atoms. The first kappa shape index (κ1) is 40.7. The number of ether oxygens (including phenoxy) is 4. The lowest BCUT2D eigenvalue weighted by Gasteiger charge is -2.32. The molecule has 4 amide bonds. The molecule has 0 aromatic heterocycles. The third-order valence-corrected chi connectivity index (χ3v) is 6.69. The van der Waals surface area contributed by atoms with Gasteiger partial charge in [0.25, 0.3) is 5.91 Å². The Bertz CT molecular complexity index is 1020. The van der Waals surface area contributed by atoms with Crippen LogP contribution in [0.5, 0.6) is 0 Å². The van der Waals surface area contributed by atoms with Gasteiger partial charge in [0.2, 0.25) is 11.8 Å². The van der Waals surface area contributed by atoms with E-state index < -0.39 is 47.3 Å². The maximum absolute atomic E-state index is 13.0. The highest BCUT2D eigenvalue weighted by Crippen LogP contribution is 2.22. The van der Waals surface area contributed by atoms with Crippen LogP contribution in [0, 0.1) is 17.3 Å². The number of carbonyl (C=O) groups excluding carboxylic acids is 4. The Morgan fingerprint density at radius 3 is 1.85 bits per heavy atom. The summed E-state index contributed by atoms with van der Waals surface area (Å²) >= 11 is 0. The first-order chi connectivity index (χ1) is 21.9. The van der Waals surface area contributed by atoms with Crippen molar-refractivity contribution in [3.05, 3.63) is 35.9 Å². The largest absolute Gasteiger partial charge is 0.445 e. The first-order valence-corrected chi connectivity index (χ1v) is 15.7. The van der Waals surface area contributed by atoms with Gasteiger partial charge in [-0.1, -0.05) is 65.0 Å². The normalized spacial score (nSPS) is 13.4. The van der Waals surface area contributed by atoms with Crippen molar-refractivity contribution in [2.75, 3.05) is 52.7 Å². The van der Waals surface area contributed by atoms with Crippen LogP contribution in [0.3, 0.4) is 0 Å². The van der Waals surface area contributed by atoms with E-state index >= 15 is 0 Å². The highest BCUT2D eigenvalue weighted by molar-refractivity contribution is 5.92. The van der Waals surface area contributed by atoms with Gasteiger partial charge < -0.3 is 40.0 Å². The van der Waals surface area contributed by atoms with Crippen LogP contribution < -0.4 is 21.4 Å². The summed E-state index contributed by atoms with van der Waals surface area (Å²) in [5.41, 5.74) is 1.64. The average molecular weight is 655 g/mol. The molecule has 1 rings (SSSR count). The summed E-state index contributed by atoms with van der Waals surface area (Å²) in [4.78, 5) is 49.4. The summed E-state index contributed by atoms with van der Waals surface area (Å²) in [6, 6.07) is 8.53. The van der Waals surface area contributed by atoms with Crippen LogP contribution in [0.2, 0.25) is 0 Å². The first-order valence-electron chi connectivity index (χ1n) is 15.7. The molecule has 0 aliphatic carbocycles. The van der Waals surface area contributed by atoms with Crippen molar-refractivity contribution < 1.29 is 48.4 Å². The number of aliphatic hydroxyl groups excluding tert-OH is 1. The van der Waals surface area contributed by atoms with E-state index in [4.69, 9.17) is 24.2 Å². The number of alkyl carbamates (subject to hydrolysis) is 1. The van der Waals surface area contributed by atoms with E-state index in [-0.39, 0.29) is 18.9 Å². The highest BCUT2D eigenvalue weighted by atomic mass is 16.6. The Labute approximate surface area is 272 Å². The molecule has 0 aliphatic rings. The molecule has 0 saturated heterocycles. The van der Waals surface area contributed by atoms with E-state index in [9.17, 15) is 24.3 Å². The van der Waals surface area contributed by atoms with Gasteiger partial charge in [-0.25, -0.2) is 10.3 Å². The zero-order chi connectivity index (χ0) is 34.4. The molecule has 262 valence electrons. The maximum Gasteiger partial charge on any atom is 0.407 e. The quantitative estimate of drug-likeness (QED) is 0.0577. The van der Waals surface area contributed by atoms with E-state index in [1.807, 2.05) is 44.2 Å². The third kappa shape index (κ3) is 18.0. The minimum absolute atomic E-state index is 0.0265. The number of carbonyl (C=O) groups is 4. The molecular formula is C32H54N4O10. The molecule has 3 atom stereocenters. The molecule has 14 nitrogen and oxygen atoms in total. The summed E-state index contributed by atoms with van der Waals surface area (Å²) in [5.74, 6) is -3.30. The van der Waals surface area contributed by atoms with Gasteiger partial charge in [0, 0.05) is 26.3 Å². The lowest BCUT2D eigenvalue weighted by molar-refractivity contribution is -0.147. The summed E-state index contributed by atoms with van der Waals surface area (Å²) < 4.78 is 21.6. The highest BCUT2D eigenvalue weighted by Gasteiger charge is 2.38. The zero-order valence-corrected chi connectivity index (χ0v) is 27.8. The van der Waals surface area contributed by atoms with Crippen molar-refractivity contribution in [3.63, 3.8) is 0 Å². The molecule has 0 fully saturated rings. The summed E-state index contributed by atoms with van der Waals surface area (Å²) in [7, 11) is 0. The van der Waals surface area contributed by atoms with Gasteiger partial charge in [-0.2, -0.15) is 0 Å². The Hall–Kier alpha value is -3.30. The van der Waals surface area contributed by atoms with Crippen molar-refractivity contribution in [3.8, 4) is 0 Å². The fraction of sp³-hybridized carbons (Fsp3) is 0.688. The fourth-order valence-electron chi connectivity index (χ4n) is 4.23. The maximum atomic E-state index is 13.0. The average Bonchev–Trinajstić information content (AvgIpc) is 3.02. The van der Waals surface area contributed by atoms with Crippen LogP contribution in [-0.2, 0) is 39.9 Å². The van der Waals surface area contributed by atoms with Gasteiger partial charge >= 0.3 is 6.09 Å². The molecule has 6 N–H and O–H groups in total. The molecule has 46 heavy (non-hydrogen) atoms. The van der Waals surface area contributed by atoms with E-state index in [0.717, 1.165) is 5.56 Å². The van der Waals surface area contributed by atoms with E-state index in [1.165, 1.54) is 5.48 Å². The number of rotatable bonds is 23. The molecule has 1 aromatic rings. The minimum Gasteiger partial charge on any atom is -0.445 e. The molecule has 0 aliphatic heterocycles. The molecule has 1 aromatic carbocycles. The molecule has 0 heterocycles. The number of amides is 4. The molecule has 14 heteroatoms.